The Bertz CT molecular complexity index is 641. The number of carbonyl (C=O) groups is 3. The van der Waals surface area contributed by atoms with Gasteiger partial charge in [0.1, 0.15) is 0 Å². The summed E-state index contributed by atoms with van der Waals surface area (Å²) in [7, 11) is 1.39. The highest BCUT2D eigenvalue weighted by atomic mass is 16.5. The largest absolute Gasteiger partial charge is 0.469 e. The summed E-state index contributed by atoms with van der Waals surface area (Å²) in [5.41, 5.74) is 0.822. The van der Waals surface area contributed by atoms with Gasteiger partial charge in [0.25, 0.3) is 0 Å². The second-order valence-corrected chi connectivity index (χ2v) is 6.62. The van der Waals surface area contributed by atoms with Crippen molar-refractivity contribution in [2.45, 2.75) is 25.8 Å². The van der Waals surface area contributed by atoms with Crippen LogP contribution in [0.3, 0.4) is 0 Å². The Balaban J connectivity index is 1.54. The fraction of sp³-hybridized carbons (Fsp3) is 0.556. The Labute approximate surface area is 147 Å². The zero-order valence-corrected chi connectivity index (χ0v) is 14.4. The Morgan fingerprint density at radius 3 is 2.64 bits per heavy atom. The first kappa shape index (κ1) is 17.4. The second kappa shape index (κ2) is 7.63. The molecule has 2 aliphatic rings. The van der Waals surface area contributed by atoms with Crippen LogP contribution in [0.4, 0.5) is 0 Å². The lowest BCUT2D eigenvalue weighted by Gasteiger charge is -2.32. The lowest BCUT2D eigenvalue weighted by atomic mass is 9.95. The Kier molecular flexibility index (Phi) is 5.31. The Morgan fingerprint density at radius 2 is 2.00 bits per heavy atom. The molecule has 1 aromatic rings. The molecule has 1 atom stereocenters. The van der Waals surface area contributed by atoms with E-state index in [0.717, 1.165) is 5.69 Å². The lowest BCUT2D eigenvalue weighted by Crippen LogP contribution is -2.43. The summed E-state index contributed by atoms with van der Waals surface area (Å²) in [6.07, 6.45) is 3.19. The lowest BCUT2D eigenvalue weighted by molar-refractivity contribution is -0.149. The van der Waals surface area contributed by atoms with Crippen molar-refractivity contribution in [1.82, 2.24) is 14.8 Å². The molecule has 0 N–H and O–H groups in total. The number of piperidine rings is 1. The number of likely N-dealkylation sites (tertiary alicyclic amines) is 2. The maximum absolute atomic E-state index is 12.7. The number of carbonyl (C=O) groups excluding carboxylic acids is 3. The van der Waals surface area contributed by atoms with Gasteiger partial charge in [-0.25, -0.2) is 0 Å². The van der Waals surface area contributed by atoms with E-state index in [1.807, 2.05) is 18.2 Å². The van der Waals surface area contributed by atoms with Crippen LogP contribution < -0.4 is 0 Å². The summed E-state index contributed by atoms with van der Waals surface area (Å²) >= 11 is 0. The number of amides is 2. The number of aromatic nitrogens is 1. The third-order valence-corrected chi connectivity index (χ3v) is 4.98. The number of rotatable bonds is 4. The highest BCUT2D eigenvalue weighted by Gasteiger charge is 2.38. The predicted octanol–water partition coefficient (Wildman–Crippen LogP) is 0.842. The summed E-state index contributed by atoms with van der Waals surface area (Å²) in [6.45, 7) is 1.96. The quantitative estimate of drug-likeness (QED) is 0.756. The molecule has 2 fully saturated rings. The zero-order valence-electron chi connectivity index (χ0n) is 14.4. The number of pyridine rings is 1. The molecule has 0 bridgehead atoms. The van der Waals surface area contributed by atoms with Gasteiger partial charge in [0, 0.05) is 32.3 Å². The number of hydrogen-bond acceptors (Lipinski definition) is 5. The summed E-state index contributed by atoms with van der Waals surface area (Å²) < 4.78 is 4.77. The molecule has 2 amide bonds. The Morgan fingerprint density at radius 1 is 1.24 bits per heavy atom. The van der Waals surface area contributed by atoms with Gasteiger partial charge in [0.05, 0.1) is 31.2 Å². The third kappa shape index (κ3) is 3.97. The topological polar surface area (TPSA) is 79.8 Å². The van der Waals surface area contributed by atoms with Crippen molar-refractivity contribution >= 4 is 17.8 Å². The fourth-order valence-corrected chi connectivity index (χ4v) is 3.54. The fourth-order valence-electron chi connectivity index (χ4n) is 3.54. The van der Waals surface area contributed by atoms with Crippen LogP contribution in [0.15, 0.2) is 24.4 Å². The first-order valence-corrected chi connectivity index (χ1v) is 8.62. The number of esters is 1. The zero-order chi connectivity index (χ0) is 17.8. The van der Waals surface area contributed by atoms with Crippen LogP contribution in [0.2, 0.25) is 0 Å². The molecule has 0 radical (unpaired) electrons. The van der Waals surface area contributed by atoms with Crippen molar-refractivity contribution in [1.29, 1.82) is 0 Å². The van der Waals surface area contributed by atoms with E-state index in [0.29, 0.717) is 39.0 Å². The van der Waals surface area contributed by atoms with Gasteiger partial charge < -0.3 is 14.5 Å². The molecule has 3 rings (SSSR count). The molecular formula is C18H23N3O4. The average molecular weight is 345 g/mol. The number of hydrogen-bond donors (Lipinski definition) is 0. The molecule has 0 spiro atoms. The smallest absolute Gasteiger partial charge is 0.308 e. The first-order chi connectivity index (χ1) is 12.1. The summed E-state index contributed by atoms with van der Waals surface area (Å²) in [4.78, 5) is 44.2. The van der Waals surface area contributed by atoms with Crippen LogP contribution in [0.25, 0.3) is 0 Å². The van der Waals surface area contributed by atoms with Crippen molar-refractivity contribution in [3.05, 3.63) is 30.1 Å². The molecule has 25 heavy (non-hydrogen) atoms. The van der Waals surface area contributed by atoms with E-state index in [1.165, 1.54) is 7.11 Å². The van der Waals surface area contributed by atoms with E-state index in [-0.39, 0.29) is 36.0 Å². The molecule has 0 saturated carbocycles. The van der Waals surface area contributed by atoms with Crippen LogP contribution in [0.1, 0.15) is 25.0 Å². The highest BCUT2D eigenvalue weighted by Crippen LogP contribution is 2.25. The van der Waals surface area contributed by atoms with Gasteiger partial charge in [-0.2, -0.15) is 0 Å². The van der Waals surface area contributed by atoms with E-state index in [1.54, 1.807) is 16.0 Å². The molecule has 3 heterocycles. The van der Waals surface area contributed by atoms with Crippen LogP contribution in [0.5, 0.6) is 0 Å². The number of nitrogens with zero attached hydrogens (tertiary/aromatic N) is 3. The van der Waals surface area contributed by atoms with Gasteiger partial charge in [-0.3, -0.25) is 19.4 Å². The van der Waals surface area contributed by atoms with Crippen molar-refractivity contribution in [2.24, 2.45) is 11.8 Å². The molecule has 2 aliphatic heterocycles. The van der Waals surface area contributed by atoms with Crippen molar-refractivity contribution in [3.63, 3.8) is 0 Å². The van der Waals surface area contributed by atoms with E-state index in [9.17, 15) is 14.4 Å². The minimum Gasteiger partial charge on any atom is -0.469 e. The second-order valence-electron chi connectivity index (χ2n) is 6.62. The maximum Gasteiger partial charge on any atom is 0.308 e. The molecular weight excluding hydrogens is 322 g/mol. The molecule has 7 heteroatoms. The molecule has 0 aliphatic carbocycles. The minimum atomic E-state index is -0.300. The van der Waals surface area contributed by atoms with Gasteiger partial charge in [-0.1, -0.05) is 6.07 Å². The molecule has 1 aromatic heterocycles. The number of methoxy groups -OCH3 is 1. The van der Waals surface area contributed by atoms with E-state index in [4.69, 9.17) is 4.74 Å². The van der Waals surface area contributed by atoms with Gasteiger partial charge in [0.15, 0.2) is 0 Å². The van der Waals surface area contributed by atoms with E-state index in [2.05, 4.69) is 4.98 Å². The predicted molar refractivity (Wildman–Crippen MR) is 89.1 cm³/mol. The normalized spacial score (nSPS) is 21.5. The van der Waals surface area contributed by atoms with Crippen molar-refractivity contribution < 1.29 is 19.1 Å². The third-order valence-electron chi connectivity index (χ3n) is 4.98. The summed E-state index contributed by atoms with van der Waals surface area (Å²) in [5, 5.41) is 0. The van der Waals surface area contributed by atoms with Gasteiger partial charge in [0.2, 0.25) is 11.8 Å². The van der Waals surface area contributed by atoms with Crippen LogP contribution >= 0.6 is 0 Å². The van der Waals surface area contributed by atoms with E-state index < -0.39 is 0 Å². The Hall–Kier alpha value is -2.44. The standard InChI is InChI=1S/C18H23N3O4/c1-25-18(24)13-5-8-20(9-6-13)17(23)14-10-16(22)21(11-14)12-15-4-2-3-7-19-15/h2-4,7,13-14H,5-6,8-12H2,1H3. The molecule has 134 valence electrons. The minimum absolute atomic E-state index is 0.00607. The van der Waals surface area contributed by atoms with Crippen LogP contribution in [-0.4, -0.2) is 59.3 Å². The molecule has 0 aromatic carbocycles. The highest BCUT2D eigenvalue weighted by molar-refractivity contribution is 5.89. The van der Waals surface area contributed by atoms with Gasteiger partial charge in [-0.05, 0) is 25.0 Å². The van der Waals surface area contributed by atoms with Crippen LogP contribution in [0, 0.1) is 11.8 Å². The van der Waals surface area contributed by atoms with Gasteiger partial charge in [-0.15, -0.1) is 0 Å². The SMILES string of the molecule is COC(=O)C1CCN(C(=O)C2CC(=O)N(Cc3ccccn3)C2)CC1. The van der Waals surface area contributed by atoms with Crippen molar-refractivity contribution in [2.75, 3.05) is 26.7 Å². The van der Waals surface area contributed by atoms with E-state index >= 15 is 0 Å². The van der Waals surface area contributed by atoms with Crippen molar-refractivity contribution in [3.8, 4) is 0 Å². The summed E-state index contributed by atoms with van der Waals surface area (Å²) in [6, 6.07) is 5.59. The molecule has 7 nitrogen and oxygen atoms in total. The maximum atomic E-state index is 12.7. The first-order valence-electron chi connectivity index (χ1n) is 8.62. The molecule has 1 unspecified atom stereocenters. The molecule has 2 saturated heterocycles. The summed E-state index contributed by atoms with van der Waals surface area (Å²) in [5.74, 6) is -0.621. The average Bonchev–Trinajstić information content (AvgIpc) is 3.02. The number of ether oxygens (including phenoxy) is 1. The monoisotopic (exact) mass is 345 g/mol. The van der Waals surface area contributed by atoms with Crippen LogP contribution in [-0.2, 0) is 25.7 Å². The van der Waals surface area contributed by atoms with Gasteiger partial charge >= 0.3 is 5.97 Å².